The minimum atomic E-state index is -0.578. The highest BCUT2D eigenvalue weighted by atomic mass is 16.5. The van der Waals surface area contributed by atoms with Gasteiger partial charge in [-0.2, -0.15) is 0 Å². The maximum absolute atomic E-state index is 13.6. The lowest BCUT2D eigenvalue weighted by atomic mass is 9.74. The SMILES string of the molecule is CC1CCC2OC3=C(C(=O)C2C1)C(c1cccc(O)c1)N(Cc1cccnc1)C3=O. The highest BCUT2D eigenvalue weighted by molar-refractivity contribution is 6.11. The van der Waals surface area contributed by atoms with Gasteiger partial charge in [0.2, 0.25) is 0 Å². The van der Waals surface area contributed by atoms with Crippen LogP contribution in [0.25, 0.3) is 0 Å². The van der Waals surface area contributed by atoms with Crippen LogP contribution < -0.4 is 0 Å². The summed E-state index contributed by atoms with van der Waals surface area (Å²) in [5.41, 5.74) is 2.01. The van der Waals surface area contributed by atoms with Crippen LogP contribution >= 0.6 is 0 Å². The fourth-order valence-electron chi connectivity index (χ4n) is 5.02. The number of hydrogen-bond donors (Lipinski definition) is 1. The van der Waals surface area contributed by atoms with E-state index in [1.54, 1.807) is 35.5 Å². The zero-order valence-corrected chi connectivity index (χ0v) is 16.8. The molecule has 30 heavy (non-hydrogen) atoms. The topological polar surface area (TPSA) is 79.7 Å². The summed E-state index contributed by atoms with van der Waals surface area (Å²) in [7, 11) is 0. The van der Waals surface area contributed by atoms with Crippen molar-refractivity contribution in [1.82, 2.24) is 9.88 Å². The lowest BCUT2D eigenvalue weighted by molar-refractivity contribution is -0.136. The molecule has 4 atom stereocenters. The number of ketones is 1. The van der Waals surface area contributed by atoms with Crippen LogP contribution in [0.5, 0.6) is 5.75 Å². The van der Waals surface area contributed by atoms with Crippen LogP contribution in [-0.4, -0.2) is 32.8 Å². The van der Waals surface area contributed by atoms with Crippen molar-refractivity contribution in [2.75, 3.05) is 0 Å². The number of aromatic nitrogens is 1. The summed E-state index contributed by atoms with van der Waals surface area (Å²) >= 11 is 0. The average Bonchev–Trinajstić information content (AvgIpc) is 3.02. The van der Waals surface area contributed by atoms with Crippen LogP contribution in [-0.2, 0) is 20.9 Å². The molecule has 1 fully saturated rings. The number of fused-ring (bicyclic) bond motifs is 1. The summed E-state index contributed by atoms with van der Waals surface area (Å²) in [6.45, 7) is 2.47. The number of phenolic OH excluding ortho intramolecular Hbond substituents is 1. The molecule has 4 unspecified atom stereocenters. The lowest BCUT2D eigenvalue weighted by Crippen LogP contribution is -2.41. The predicted molar refractivity (Wildman–Crippen MR) is 109 cm³/mol. The lowest BCUT2D eigenvalue weighted by Gasteiger charge is -2.37. The molecule has 6 heteroatoms. The number of amides is 1. The molecule has 3 heterocycles. The third kappa shape index (κ3) is 3.07. The van der Waals surface area contributed by atoms with E-state index in [9.17, 15) is 14.7 Å². The summed E-state index contributed by atoms with van der Waals surface area (Å²) in [5.74, 6) is 0.287. The van der Waals surface area contributed by atoms with Gasteiger partial charge in [0.25, 0.3) is 5.91 Å². The average molecular weight is 404 g/mol. The Morgan fingerprint density at radius 3 is 2.83 bits per heavy atom. The largest absolute Gasteiger partial charge is 0.508 e. The van der Waals surface area contributed by atoms with Crippen molar-refractivity contribution in [1.29, 1.82) is 0 Å². The Balaban J connectivity index is 1.59. The molecule has 0 radical (unpaired) electrons. The van der Waals surface area contributed by atoms with E-state index in [0.29, 0.717) is 23.6 Å². The van der Waals surface area contributed by atoms with Crippen molar-refractivity contribution in [3.05, 3.63) is 71.3 Å². The predicted octanol–water partition coefficient (Wildman–Crippen LogP) is 3.53. The molecule has 154 valence electrons. The van der Waals surface area contributed by atoms with E-state index in [1.807, 2.05) is 18.2 Å². The number of pyridine rings is 1. The third-order valence-corrected chi connectivity index (χ3v) is 6.47. The Kier molecular flexibility index (Phi) is 4.57. The quantitative estimate of drug-likeness (QED) is 0.847. The van der Waals surface area contributed by atoms with Gasteiger partial charge in [-0.05, 0) is 54.5 Å². The Morgan fingerprint density at radius 2 is 2.07 bits per heavy atom. The normalized spacial score (nSPS) is 28.2. The first-order valence-electron chi connectivity index (χ1n) is 10.5. The molecule has 2 aromatic rings. The highest BCUT2D eigenvalue weighted by Crippen LogP contribution is 2.48. The van der Waals surface area contributed by atoms with E-state index in [4.69, 9.17) is 4.74 Å². The van der Waals surface area contributed by atoms with Gasteiger partial charge in [0.15, 0.2) is 11.5 Å². The molecule has 1 N–H and O–H groups in total. The molecule has 1 saturated carbocycles. The van der Waals surface area contributed by atoms with Crippen LogP contribution in [0.2, 0.25) is 0 Å². The summed E-state index contributed by atoms with van der Waals surface area (Å²) in [5, 5.41) is 10.1. The van der Waals surface area contributed by atoms with Crippen molar-refractivity contribution < 1.29 is 19.4 Å². The zero-order valence-electron chi connectivity index (χ0n) is 16.8. The zero-order chi connectivity index (χ0) is 20.8. The van der Waals surface area contributed by atoms with Crippen molar-refractivity contribution in [2.45, 2.75) is 44.9 Å². The molecular weight excluding hydrogens is 380 g/mol. The number of aromatic hydroxyl groups is 1. The van der Waals surface area contributed by atoms with Crippen LogP contribution in [0.4, 0.5) is 0 Å². The summed E-state index contributed by atoms with van der Waals surface area (Å²) in [4.78, 5) is 32.8. The maximum atomic E-state index is 13.6. The van der Waals surface area contributed by atoms with Gasteiger partial charge in [0, 0.05) is 18.9 Å². The van der Waals surface area contributed by atoms with Gasteiger partial charge in [0.05, 0.1) is 17.5 Å². The summed E-state index contributed by atoms with van der Waals surface area (Å²) in [6, 6.07) is 9.92. The molecule has 5 rings (SSSR count). The molecule has 0 spiro atoms. The maximum Gasteiger partial charge on any atom is 0.290 e. The van der Waals surface area contributed by atoms with E-state index in [2.05, 4.69) is 11.9 Å². The van der Waals surface area contributed by atoms with Gasteiger partial charge < -0.3 is 14.7 Å². The minimum absolute atomic E-state index is 0.0168. The Morgan fingerprint density at radius 1 is 1.20 bits per heavy atom. The number of ether oxygens (including phenoxy) is 1. The summed E-state index contributed by atoms with van der Waals surface area (Å²) in [6.07, 6.45) is 5.75. The van der Waals surface area contributed by atoms with Gasteiger partial charge in [-0.3, -0.25) is 14.6 Å². The Labute approximate surface area is 175 Å². The molecule has 1 amide bonds. The Hall–Kier alpha value is -3.15. The van der Waals surface area contributed by atoms with E-state index < -0.39 is 6.04 Å². The molecule has 0 saturated heterocycles. The summed E-state index contributed by atoms with van der Waals surface area (Å²) < 4.78 is 6.18. The van der Waals surface area contributed by atoms with Crippen molar-refractivity contribution >= 4 is 11.7 Å². The fourth-order valence-corrected chi connectivity index (χ4v) is 5.02. The number of phenols is 1. The molecule has 6 nitrogen and oxygen atoms in total. The number of rotatable bonds is 3. The Bertz CT molecular complexity index is 1030. The minimum Gasteiger partial charge on any atom is -0.508 e. The molecule has 2 aliphatic heterocycles. The fraction of sp³-hybridized carbons (Fsp3) is 0.375. The number of benzene rings is 1. The second kappa shape index (κ2) is 7.27. The van der Waals surface area contributed by atoms with E-state index in [-0.39, 0.29) is 35.2 Å². The molecule has 1 aliphatic carbocycles. The molecular formula is C24H24N2O4. The van der Waals surface area contributed by atoms with E-state index >= 15 is 0 Å². The van der Waals surface area contributed by atoms with Gasteiger partial charge in [-0.1, -0.05) is 25.1 Å². The smallest absolute Gasteiger partial charge is 0.290 e. The van der Waals surface area contributed by atoms with Gasteiger partial charge >= 0.3 is 0 Å². The van der Waals surface area contributed by atoms with Crippen molar-refractivity contribution in [2.24, 2.45) is 11.8 Å². The van der Waals surface area contributed by atoms with Crippen molar-refractivity contribution in [3.8, 4) is 5.75 Å². The third-order valence-electron chi connectivity index (χ3n) is 6.47. The molecule has 0 bridgehead atoms. The van der Waals surface area contributed by atoms with Crippen molar-refractivity contribution in [3.63, 3.8) is 0 Å². The number of hydrogen-bond acceptors (Lipinski definition) is 5. The van der Waals surface area contributed by atoms with Gasteiger partial charge in [-0.25, -0.2) is 0 Å². The second-order valence-corrected chi connectivity index (χ2v) is 8.58. The van der Waals surface area contributed by atoms with Gasteiger partial charge in [0.1, 0.15) is 11.9 Å². The first-order chi connectivity index (χ1) is 14.5. The van der Waals surface area contributed by atoms with E-state index in [1.165, 1.54) is 0 Å². The van der Waals surface area contributed by atoms with Gasteiger partial charge in [-0.15, -0.1) is 0 Å². The number of nitrogens with zero attached hydrogens (tertiary/aromatic N) is 2. The van der Waals surface area contributed by atoms with Crippen LogP contribution in [0.1, 0.15) is 43.4 Å². The number of carbonyl (C=O) groups is 2. The molecule has 3 aliphatic rings. The number of carbonyl (C=O) groups excluding carboxylic acids is 2. The van der Waals surface area contributed by atoms with E-state index in [0.717, 1.165) is 24.8 Å². The standard InChI is InChI=1S/C24H24N2O4/c1-14-7-8-19-18(10-14)22(28)20-21(16-5-2-6-17(27)11-16)26(24(29)23(20)30-19)13-15-4-3-9-25-12-15/h2-6,9,11-12,14,18-19,21,27H,7-8,10,13H2,1H3. The van der Waals surface area contributed by atoms with Crippen LogP contribution in [0.15, 0.2) is 60.1 Å². The first kappa shape index (κ1) is 18.9. The van der Waals surface area contributed by atoms with Crippen LogP contribution in [0.3, 0.4) is 0 Å². The van der Waals surface area contributed by atoms with Crippen LogP contribution in [0, 0.1) is 11.8 Å². The molecule has 1 aromatic carbocycles. The number of Topliss-reactive ketones (excluding diaryl/α,β-unsaturated/α-hetero) is 1. The molecule has 1 aromatic heterocycles. The monoisotopic (exact) mass is 404 g/mol. The highest BCUT2D eigenvalue weighted by Gasteiger charge is 2.52. The first-order valence-corrected chi connectivity index (χ1v) is 10.5. The second-order valence-electron chi connectivity index (χ2n) is 8.58.